The van der Waals surface area contributed by atoms with Gasteiger partial charge in [0.05, 0.1) is 19.8 Å². The number of amides is 2. The van der Waals surface area contributed by atoms with Gasteiger partial charge in [-0.25, -0.2) is 9.18 Å². The van der Waals surface area contributed by atoms with Gasteiger partial charge in [-0.1, -0.05) is 43.3 Å². The average Bonchev–Trinajstić information content (AvgIpc) is 3.00. The topological polar surface area (TPSA) is 131 Å². The molecule has 2 aromatic carbocycles. The van der Waals surface area contributed by atoms with Gasteiger partial charge in [0.1, 0.15) is 11.9 Å². The summed E-state index contributed by atoms with van der Waals surface area (Å²) in [7, 11) is 2.53. The summed E-state index contributed by atoms with van der Waals surface area (Å²) in [5.41, 5.74) is 6.82. The molecule has 10 heteroatoms. The molecule has 1 unspecified atom stereocenters. The Bertz CT molecular complexity index is 1210. The van der Waals surface area contributed by atoms with Crippen LogP contribution in [0.2, 0.25) is 0 Å². The lowest BCUT2D eigenvalue weighted by Crippen LogP contribution is -2.49. The van der Waals surface area contributed by atoms with Crippen molar-refractivity contribution in [1.82, 2.24) is 10.2 Å². The van der Waals surface area contributed by atoms with E-state index in [0.717, 1.165) is 12.0 Å². The molecule has 2 amide bonds. The van der Waals surface area contributed by atoms with Crippen LogP contribution in [-0.2, 0) is 31.1 Å². The smallest absolute Gasteiger partial charge is 0.406 e. The number of benzene rings is 2. The monoisotopic (exact) mass is 571 g/mol. The number of esters is 1. The van der Waals surface area contributed by atoms with Crippen molar-refractivity contribution in [3.8, 4) is 11.1 Å². The molecule has 1 aliphatic heterocycles. The molecule has 3 rings (SSSR count). The molecular weight excluding hydrogens is 529 g/mol. The van der Waals surface area contributed by atoms with E-state index < -0.39 is 35.4 Å². The number of hydrogen-bond acceptors (Lipinski definition) is 7. The quantitative estimate of drug-likeness (QED) is 0.260. The molecule has 1 heterocycles. The number of nitrogens with one attached hydrogen (secondary N) is 1. The van der Waals surface area contributed by atoms with E-state index in [9.17, 15) is 19.5 Å². The number of likely N-dealkylation sites (tertiary alicyclic amines) is 1. The van der Waals surface area contributed by atoms with Crippen LogP contribution in [0.3, 0.4) is 0 Å². The van der Waals surface area contributed by atoms with Gasteiger partial charge in [0.25, 0.3) is 0 Å². The number of methoxy groups -OCH3 is 2. The van der Waals surface area contributed by atoms with E-state index >= 15 is 4.39 Å². The molecule has 224 valence electrons. The molecule has 0 radical (unpaired) electrons. The molecule has 0 aromatic heterocycles. The number of rotatable bonds is 12. The molecule has 1 saturated heterocycles. The fourth-order valence-corrected chi connectivity index (χ4v) is 5.60. The second-order valence-corrected chi connectivity index (χ2v) is 10.5. The third-order valence-corrected chi connectivity index (χ3v) is 7.92. The zero-order valence-electron chi connectivity index (χ0n) is 24.2. The maximum atomic E-state index is 15.6. The van der Waals surface area contributed by atoms with Crippen LogP contribution in [0.25, 0.3) is 11.1 Å². The number of halogens is 1. The van der Waals surface area contributed by atoms with Crippen LogP contribution in [0.1, 0.15) is 56.6 Å². The molecular formula is C31H42FN3O6. The molecule has 41 heavy (non-hydrogen) atoms. The first kappa shape index (κ1) is 32.0. The second-order valence-electron chi connectivity index (χ2n) is 10.5. The van der Waals surface area contributed by atoms with Crippen molar-refractivity contribution >= 4 is 18.0 Å². The first-order chi connectivity index (χ1) is 19.6. The van der Waals surface area contributed by atoms with E-state index in [1.807, 2.05) is 31.2 Å². The Morgan fingerprint density at radius 2 is 1.95 bits per heavy atom. The van der Waals surface area contributed by atoms with Gasteiger partial charge in [-0.2, -0.15) is 0 Å². The predicted octanol–water partition coefficient (Wildman–Crippen LogP) is 3.90. The Kier molecular flexibility index (Phi) is 11.7. The van der Waals surface area contributed by atoms with Crippen LogP contribution < -0.4 is 11.1 Å². The maximum Gasteiger partial charge on any atom is 0.406 e. The van der Waals surface area contributed by atoms with Crippen LogP contribution in [0.4, 0.5) is 9.18 Å². The summed E-state index contributed by atoms with van der Waals surface area (Å²) in [5.74, 6) is -1.58. The summed E-state index contributed by atoms with van der Waals surface area (Å²) >= 11 is 0. The third kappa shape index (κ3) is 8.04. The van der Waals surface area contributed by atoms with Crippen LogP contribution in [-0.4, -0.2) is 67.9 Å². The van der Waals surface area contributed by atoms with E-state index in [-0.39, 0.29) is 38.3 Å². The Morgan fingerprint density at radius 3 is 2.66 bits per heavy atom. The minimum atomic E-state index is -1.50. The van der Waals surface area contributed by atoms with Gasteiger partial charge < -0.3 is 30.5 Å². The van der Waals surface area contributed by atoms with Gasteiger partial charge in [0.2, 0.25) is 5.91 Å². The average molecular weight is 572 g/mol. The summed E-state index contributed by atoms with van der Waals surface area (Å²) in [6, 6.07) is 11.5. The second kappa shape index (κ2) is 14.9. The minimum Gasteiger partial charge on any atom is -0.468 e. The standard InChI is InChI=1S/C31H42FN3O6/c1-4-21-9-5-10-22(19-21)28-24(12-6-13-25(28)32)31(39,16-8-17-34-30(38)41-3)23-11-7-18-35(20-23)27(36)15-14-26(33)29(37)40-2/h5-6,9-10,12-13,19,23,26,39H,4,7-8,11,14-18,20,33H2,1-3H3,(H,34,38)/t23-,26+,31?/m1/s1. The van der Waals surface area contributed by atoms with E-state index in [2.05, 4.69) is 14.8 Å². The molecule has 0 saturated carbocycles. The predicted molar refractivity (Wildman–Crippen MR) is 153 cm³/mol. The summed E-state index contributed by atoms with van der Waals surface area (Å²) < 4.78 is 24.9. The Morgan fingerprint density at radius 1 is 1.20 bits per heavy atom. The largest absolute Gasteiger partial charge is 0.468 e. The van der Waals surface area contributed by atoms with E-state index in [1.165, 1.54) is 20.3 Å². The van der Waals surface area contributed by atoms with Gasteiger partial charge in [-0.05, 0) is 61.3 Å². The number of aliphatic hydroxyl groups is 1. The molecule has 0 bridgehead atoms. The number of alkyl carbamates (subject to hydrolysis) is 1. The van der Waals surface area contributed by atoms with Gasteiger partial charge in [-0.15, -0.1) is 0 Å². The summed E-state index contributed by atoms with van der Waals surface area (Å²) in [5, 5.41) is 15.2. The Hall–Kier alpha value is -3.50. The molecule has 0 spiro atoms. The van der Waals surface area contributed by atoms with Gasteiger partial charge >= 0.3 is 12.1 Å². The number of carbonyl (C=O) groups excluding carboxylic acids is 3. The highest BCUT2D eigenvalue weighted by molar-refractivity contribution is 5.79. The lowest BCUT2D eigenvalue weighted by molar-refractivity contribution is -0.142. The van der Waals surface area contributed by atoms with Crippen molar-refractivity contribution in [2.75, 3.05) is 33.9 Å². The summed E-state index contributed by atoms with van der Waals surface area (Å²) in [6.07, 6.45) is 2.32. The molecule has 2 aromatic rings. The number of nitrogens with two attached hydrogens (primary N) is 1. The SMILES string of the molecule is CCc1cccc(-c2c(F)cccc2C(O)(CCCNC(=O)OC)[C@@H]2CCCN(C(=O)CC[C@H](N)C(=O)OC)C2)c1. The van der Waals surface area contributed by atoms with E-state index in [4.69, 9.17) is 5.73 Å². The molecule has 4 N–H and O–H groups in total. The highest BCUT2D eigenvalue weighted by Gasteiger charge is 2.43. The van der Waals surface area contributed by atoms with Crippen molar-refractivity contribution < 1.29 is 33.4 Å². The highest BCUT2D eigenvalue weighted by Crippen LogP contribution is 2.44. The van der Waals surface area contributed by atoms with Crippen molar-refractivity contribution in [1.29, 1.82) is 0 Å². The Balaban J connectivity index is 1.94. The summed E-state index contributed by atoms with van der Waals surface area (Å²) in [4.78, 5) is 38.1. The van der Waals surface area contributed by atoms with Crippen molar-refractivity contribution in [2.24, 2.45) is 11.7 Å². The maximum absolute atomic E-state index is 15.6. The van der Waals surface area contributed by atoms with Gasteiger partial charge in [-0.3, -0.25) is 9.59 Å². The fraction of sp³-hybridized carbons (Fsp3) is 0.516. The zero-order chi connectivity index (χ0) is 30.0. The number of piperidine rings is 1. The van der Waals surface area contributed by atoms with Crippen LogP contribution >= 0.6 is 0 Å². The molecule has 0 aliphatic carbocycles. The van der Waals surface area contributed by atoms with E-state index in [1.54, 1.807) is 17.0 Å². The van der Waals surface area contributed by atoms with Crippen LogP contribution in [0.15, 0.2) is 42.5 Å². The molecule has 3 atom stereocenters. The Labute approximate surface area is 241 Å². The zero-order valence-corrected chi connectivity index (χ0v) is 24.2. The van der Waals surface area contributed by atoms with Crippen LogP contribution in [0.5, 0.6) is 0 Å². The van der Waals surface area contributed by atoms with E-state index in [0.29, 0.717) is 42.5 Å². The third-order valence-electron chi connectivity index (χ3n) is 7.92. The number of ether oxygens (including phenoxy) is 2. The molecule has 1 aliphatic rings. The molecule has 9 nitrogen and oxygen atoms in total. The lowest BCUT2D eigenvalue weighted by atomic mass is 9.72. The number of nitrogens with zero attached hydrogens (tertiary/aromatic N) is 1. The first-order valence-corrected chi connectivity index (χ1v) is 14.2. The first-order valence-electron chi connectivity index (χ1n) is 14.2. The van der Waals surface area contributed by atoms with Crippen molar-refractivity contribution in [3.63, 3.8) is 0 Å². The lowest BCUT2D eigenvalue weighted by Gasteiger charge is -2.44. The fourth-order valence-electron chi connectivity index (χ4n) is 5.60. The number of carbonyl (C=O) groups is 3. The normalized spacial score (nSPS) is 17.3. The number of hydrogen-bond donors (Lipinski definition) is 3. The van der Waals surface area contributed by atoms with Crippen LogP contribution in [0, 0.1) is 11.7 Å². The molecule has 1 fully saturated rings. The highest BCUT2D eigenvalue weighted by atomic mass is 19.1. The summed E-state index contributed by atoms with van der Waals surface area (Å²) in [6.45, 7) is 3.05. The van der Waals surface area contributed by atoms with Gasteiger partial charge in [0, 0.05) is 37.5 Å². The van der Waals surface area contributed by atoms with Gasteiger partial charge in [0.15, 0.2) is 0 Å². The minimum absolute atomic E-state index is 0.0689. The van der Waals surface area contributed by atoms with Crippen molar-refractivity contribution in [2.45, 2.75) is 63.5 Å². The van der Waals surface area contributed by atoms with Crippen molar-refractivity contribution in [3.05, 3.63) is 59.4 Å². The number of aryl methyl sites for hydroxylation is 1.